The highest BCUT2D eigenvalue weighted by Gasteiger charge is 2.26. The molecule has 2 aromatic rings. The lowest BCUT2D eigenvalue weighted by atomic mass is 10.2. The molecule has 0 atom stereocenters. The molecule has 2 aromatic heterocycles. The second-order valence-electron chi connectivity index (χ2n) is 4.14. The van der Waals surface area contributed by atoms with Gasteiger partial charge < -0.3 is 5.32 Å². The zero-order valence-electron chi connectivity index (χ0n) is 9.64. The number of hydrogen-bond donors (Lipinski definition) is 2. The third-order valence-corrected chi connectivity index (χ3v) is 2.73. The Morgan fingerprint density at radius 1 is 1.41 bits per heavy atom. The summed E-state index contributed by atoms with van der Waals surface area (Å²) in [4.78, 5) is 13.0. The SMILES string of the molecule is CCNc1cc(C2CC2)nc(-c2ncn[nH]2)n1. The van der Waals surface area contributed by atoms with Crippen LogP contribution < -0.4 is 5.32 Å². The molecule has 1 saturated carbocycles. The third kappa shape index (κ3) is 2.11. The van der Waals surface area contributed by atoms with E-state index in [1.54, 1.807) is 0 Å². The predicted molar refractivity (Wildman–Crippen MR) is 63.5 cm³/mol. The maximum Gasteiger partial charge on any atom is 0.199 e. The Bertz CT molecular complexity index is 503. The number of anilines is 1. The summed E-state index contributed by atoms with van der Waals surface area (Å²) in [6.45, 7) is 2.89. The molecule has 0 bridgehead atoms. The van der Waals surface area contributed by atoms with Gasteiger partial charge in [0.25, 0.3) is 0 Å². The molecule has 0 radical (unpaired) electrons. The van der Waals surface area contributed by atoms with Crippen LogP contribution in [0.5, 0.6) is 0 Å². The van der Waals surface area contributed by atoms with Crippen molar-refractivity contribution < 1.29 is 0 Å². The average Bonchev–Trinajstić information content (AvgIpc) is 3.05. The number of hydrogen-bond acceptors (Lipinski definition) is 5. The molecule has 6 nitrogen and oxygen atoms in total. The molecular formula is C11H14N6. The summed E-state index contributed by atoms with van der Waals surface area (Å²) in [6, 6.07) is 2.03. The van der Waals surface area contributed by atoms with Crippen LogP contribution in [0, 0.1) is 0 Å². The number of aromatic nitrogens is 5. The molecule has 0 unspecified atom stereocenters. The molecule has 0 spiro atoms. The van der Waals surface area contributed by atoms with Gasteiger partial charge >= 0.3 is 0 Å². The second-order valence-corrected chi connectivity index (χ2v) is 4.14. The molecule has 88 valence electrons. The van der Waals surface area contributed by atoms with Gasteiger partial charge in [0.2, 0.25) is 0 Å². The highest BCUT2D eigenvalue weighted by atomic mass is 15.2. The first-order chi connectivity index (χ1) is 8.36. The Morgan fingerprint density at radius 2 is 2.29 bits per heavy atom. The zero-order valence-corrected chi connectivity index (χ0v) is 9.64. The fourth-order valence-corrected chi connectivity index (χ4v) is 1.75. The first kappa shape index (κ1) is 10.2. The molecular weight excluding hydrogens is 216 g/mol. The second kappa shape index (κ2) is 4.12. The standard InChI is InChI=1S/C11H14N6/c1-2-12-9-5-8(7-3-4-7)15-11(16-9)10-13-6-14-17-10/h5-7H,2-4H2,1H3,(H,12,15,16)(H,13,14,17). The quantitative estimate of drug-likeness (QED) is 0.833. The van der Waals surface area contributed by atoms with Crippen molar-refractivity contribution in [2.45, 2.75) is 25.7 Å². The molecule has 17 heavy (non-hydrogen) atoms. The van der Waals surface area contributed by atoms with Gasteiger partial charge in [-0.1, -0.05) is 0 Å². The van der Waals surface area contributed by atoms with Crippen LogP contribution in [0.3, 0.4) is 0 Å². The predicted octanol–water partition coefficient (Wildman–Crippen LogP) is 1.57. The van der Waals surface area contributed by atoms with Crippen LogP contribution in [0.25, 0.3) is 11.6 Å². The van der Waals surface area contributed by atoms with Gasteiger partial charge in [-0.3, -0.25) is 5.10 Å². The van der Waals surface area contributed by atoms with Gasteiger partial charge in [-0.15, -0.1) is 0 Å². The lowest BCUT2D eigenvalue weighted by Crippen LogP contribution is -2.04. The minimum atomic E-state index is 0.595. The first-order valence-corrected chi connectivity index (χ1v) is 5.85. The van der Waals surface area contributed by atoms with E-state index in [4.69, 9.17) is 0 Å². The summed E-state index contributed by atoms with van der Waals surface area (Å²) in [7, 11) is 0. The summed E-state index contributed by atoms with van der Waals surface area (Å²) < 4.78 is 0. The van der Waals surface area contributed by atoms with E-state index in [9.17, 15) is 0 Å². The van der Waals surface area contributed by atoms with E-state index in [2.05, 4.69) is 30.5 Å². The van der Waals surface area contributed by atoms with Gasteiger partial charge in [0.15, 0.2) is 11.6 Å². The third-order valence-electron chi connectivity index (χ3n) is 2.73. The van der Waals surface area contributed by atoms with Crippen molar-refractivity contribution in [2.24, 2.45) is 0 Å². The molecule has 2 heterocycles. The Labute approximate surface area is 98.9 Å². The van der Waals surface area contributed by atoms with Crippen molar-refractivity contribution in [3.8, 4) is 11.6 Å². The Morgan fingerprint density at radius 3 is 2.94 bits per heavy atom. The van der Waals surface area contributed by atoms with E-state index in [1.165, 1.54) is 19.2 Å². The van der Waals surface area contributed by atoms with Gasteiger partial charge in [-0.2, -0.15) is 5.10 Å². The molecule has 1 fully saturated rings. The molecule has 1 aliphatic rings. The normalized spacial score (nSPS) is 14.9. The molecule has 0 aliphatic heterocycles. The van der Waals surface area contributed by atoms with Crippen molar-refractivity contribution in [1.29, 1.82) is 0 Å². The number of H-pyrrole nitrogens is 1. The van der Waals surface area contributed by atoms with E-state index >= 15 is 0 Å². The van der Waals surface area contributed by atoms with Crippen molar-refractivity contribution in [3.05, 3.63) is 18.1 Å². The first-order valence-electron chi connectivity index (χ1n) is 5.85. The zero-order chi connectivity index (χ0) is 11.7. The molecule has 3 rings (SSSR count). The van der Waals surface area contributed by atoms with E-state index < -0.39 is 0 Å². The summed E-state index contributed by atoms with van der Waals surface area (Å²) in [6.07, 6.45) is 3.91. The summed E-state index contributed by atoms with van der Waals surface area (Å²) in [5.41, 5.74) is 1.10. The van der Waals surface area contributed by atoms with Gasteiger partial charge in [0.05, 0.1) is 0 Å². The van der Waals surface area contributed by atoms with E-state index in [0.29, 0.717) is 17.6 Å². The molecule has 2 N–H and O–H groups in total. The highest BCUT2D eigenvalue weighted by Crippen LogP contribution is 2.39. The fourth-order valence-electron chi connectivity index (χ4n) is 1.75. The minimum absolute atomic E-state index is 0.595. The highest BCUT2D eigenvalue weighted by molar-refractivity contribution is 5.49. The van der Waals surface area contributed by atoms with E-state index in [1.807, 2.05) is 13.0 Å². The van der Waals surface area contributed by atoms with E-state index in [0.717, 1.165) is 18.1 Å². The topological polar surface area (TPSA) is 79.4 Å². The monoisotopic (exact) mass is 230 g/mol. The summed E-state index contributed by atoms with van der Waals surface area (Å²) >= 11 is 0. The smallest absolute Gasteiger partial charge is 0.199 e. The Kier molecular flexibility index (Phi) is 2.47. The van der Waals surface area contributed by atoms with Crippen LogP contribution >= 0.6 is 0 Å². The molecule has 1 aliphatic carbocycles. The molecule has 0 amide bonds. The van der Waals surface area contributed by atoms with E-state index in [-0.39, 0.29) is 0 Å². The number of nitrogens with one attached hydrogen (secondary N) is 2. The van der Waals surface area contributed by atoms with Crippen molar-refractivity contribution in [1.82, 2.24) is 25.1 Å². The molecule has 0 saturated heterocycles. The van der Waals surface area contributed by atoms with Gasteiger partial charge in [0.1, 0.15) is 12.1 Å². The number of rotatable bonds is 4. The fraction of sp³-hybridized carbons (Fsp3) is 0.455. The maximum atomic E-state index is 4.54. The Balaban J connectivity index is 2.01. The van der Waals surface area contributed by atoms with Crippen LogP contribution in [0.1, 0.15) is 31.4 Å². The van der Waals surface area contributed by atoms with Crippen molar-refractivity contribution in [3.63, 3.8) is 0 Å². The molecule has 6 heteroatoms. The van der Waals surface area contributed by atoms with Crippen molar-refractivity contribution in [2.75, 3.05) is 11.9 Å². The average molecular weight is 230 g/mol. The lowest BCUT2D eigenvalue weighted by Gasteiger charge is -2.06. The molecule has 0 aromatic carbocycles. The minimum Gasteiger partial charge on any atom is -0.370 e. The van der Waals surface area contributed by atoms with Crippen LogP contribution in [-0.4, -0.2) is 31.7 Å². The number of nitrogens with zero attached hydrogens (tertiary/aromatic N) is 4. The van der Waals surface area contributed by atoms with Crippen LogP contribution in [-0.2, 0) is 0 Å². The maximum absolute atomic E-state index is 4.54. The largest absolute Gasteiger partial charge is 0.370 e. The summed E-state index contributed by atoms with van der Waals surface area (Å²) in [5, 5.41) is 9.84. The van der Waals surface area contributed by atoms with Crippen molar-refractivity contribution >= 4 is 5.82 Å². The Hall–Kier alpha value is -1.98. The lowest BCUT2D eigenvalue weighted by molar-refractivity contribution is 0.971. The number of aromatic amines is 1. The van der Waals surface area contributed by atoms with Gasteiger partial charge in [-0.25, -0.2) is 15.0 Å². The van der Waals surface area contributed by atoms with Gasteiger partial charge in [0, 0.05) is 24.2 Å². The van der Waals surface area contributed by atoms with Gasteiger partial charge in [-0.05, 0) is 19.8 Å². The van der Waals surface area contributed by atoms with Crippen LogP contribution in [0.2, 0.25) is 0 Å². The van der Waals surface area contributed by atoms with Crippen LogP contribution in [0.4, 0.5) is 5.82 Å². The van der Waals surface area contributed by atoms with Crippen LogP contribution in [0.15, 0.2) is 12.4 Å². The summed E-state index contributed by atoms with van der Waals surface area (Å²) in [5.74, 6) is 2.68.